The average Bonchev–Trinajstić information content (AvgIpc) is 3.03. The Bertz CT molecular complexity index is 792. The first-order valence-electron chi connectivity index (χ1n) is 7.29. The second-order valence-electron chi connectivity index (χ2n) is 5.25. The molecule has 122 valence electrons. The van der Waals surface area contributed by atoms with Gasteiger partial charge in [-0.2, -0.15) is 0 Å². The van der Waals surface area contributed by atoms with Crippen LogP contribution in [-0.2, 0) is 21.4 Å². The highest BCUT2D eigenvalue weighted by molar-refractivity contribution is 7.90. The summed E-state index contributed by atoms with van der Waals surface area (Å²) in [6.45, 7) is 3.45. The van der Waals surface area contributed by atoms with Crippen molar-refractivity contribution in [3.8, 4) is 0 Å². The lowest BCUT2D eigenvalue weighted by Crippen LogP contribution is -2.38. The number of sulfonamides is 1. The van der Waals surface area contributed by atoms with Gasteiger partial charge in [-0.1, -0.05) is 6.07 Å². The number of amides is 1. The molecule has 1 aromatic rings. The van der Waals surface area contributed by atoms with Crippen LogP contribution in [-0.4, -0.2) is 48.8 Å². The summed E-state index contributed by atoms with van der Waals surface area (Å²) in [7, 11) is -3.37. The van der Waals surface area contributed by atoms with Crippen LogP contribution < -0.4 is 0 Å². The van der Waals surface area contributed by atoms with Gasteiger partial charge in [0.25, 0.3) is 15.9 Å². The maximum atomic E-state index is 12.7. The van der Waals surface area contributed by atoms with E-state index < -0.39 is 10.0 Å². The molecule has 0 aliphatic carbocycles. The summed E-state index contributed by atoms with van der Waals surface area (Å²) >= 11 is 1.62. The van der Waals surface area contributed by atoms with Gasteiger partial charge in [0.05, 0.1) is 17.9 Å². The summed E-state index contributed by atoms with van der Waals surface area (Å²) in [6.07, 6.45) is 4.91. The van der Waals surface area contributed by atoms with Gasteiger partial charge in [0.1, 0.15) is 5.84 Å². The van der Waals surface area contributed by atoms with E-state index in [0.29, 0.717) is 31.0 Å². The third-order valence-electron chi connectivity index (χ3n) is 3.67. The van der Waals surface area contributed by atoms with E-state index in [1.165, 1.54) is 0 Å². The van der Waals surface area contributed by atoms with E-state index in [-0.39, 0.29) is 11.7 Å². The smallest absolute Gasteiger partial charge is 0.256 e. The van der Waals surface area contributed by atoms with Gasteiger partial charge in [0.2, 0.25) is 0 Å². The molecule has 0 bridgehead atoms. The standard InChI is InChI=1S/C15H17N3O3S2/c1-2-17(11-13-4-3-8-22-13)15(19)12-5-6-14-16-23(20,21)9-7-18(14)10-12/h3-6,8,10H,2,7,9,11H2,1H3. The van der Waals surface area contributed by atoms with E-state index in [4.69, 9.17) is 0 Å². The Morgan fingerprint density at radius 3 is 2.96 bits per heavy atom. The molecule has 0 unspecified atom stereocenters. The monoisotopic (exact) mass is 351 g/mol. The fourth-order valence-electron chi connectivity index (χ4n) is 2.43. The SMILES string of the molecule is CCN(Cc1cccs1)C(=O)C1=CN2CCS(=O)(=O)N=C2C=C1. The number of hydrogen-bond acceptors (Lipinski definition) is 5. The molecule has 0 N–H and O–H groups in total. The molecule has 1 amide bonds. The van der Waals surface area contributed by atoms with Crippen molar-refractivity contribution in [3.05, 3.63) is 46.3 Å². The van der Waals surface area contributed by atoms with E-state index in [0.717, 1.165) is 4.88 Å². The number of thiophene rings is 1. The lowest BCUT2D eigenvalue weighted by Gasteiger charge is -2.28. The van der Waals surface area contributed by atoms with Crippen LogP contribution in [0.25, 0.3) is 0 Å². The Hall–Kier alpha value is -1.93. The normalized spacial score (nSPS) is 18.9. The Morgan fingerprint density at radius 2 is 2.26 bits per heavy atom. The number of rotatable bonds is 4. The number of fused-ring (bicyclic) bond motifs is 1. The highest BCUT2D eigenvalue weighted by Crippen LogP contribution is 2.19. The van der Waals surface area contributed by atoms with Gasteiger partial charge in [-0.05, 0) is 30.5 Å². The molecule has 0 aromatic carbocycles. The van der Waals surface area contributed by atoms with Crippen molar-refractivity contribution >= 4 is 33.1 Å². The maximum absolute atomic E-state index is 12.7. The Kier molecular flexibility index (Phi) is 4.36. The summed E-state index contributed by atoms with van der Waals surface area (Å²) in [5, 5.41) is 1.99. The number of amidine groups is 1. The first-order chi connectivity index (χ1) is 11.0. The minimum absolute atomic E-state index is 0.0327. The molecule has 2 aliphatic heterocycles. The largest absolute Gasteiger partial charge is 0.334 e. The Morgan fingerprint density at radius 1 is 1.43 bits per heavy atom. The fourth-order valence-corrected chi connectivity index (χ4v) is 4.12. The summed E-state index contributed by atoms with van der Waals surface area (Å²) < 4.78 is 26.7. The molecular weight excluding hydrogens is 334 g/mol. The molecule has 0 spiro atoms. The molecule has 0 fully saturated rings. The molecule has 3 rings (SSSR count). The van der Waals surface area contributed by atoms with E-state index in [1.807, 2.05) is 24.4 Å². The molecule has 0 atom stereocenters. The van der Waals surface area contributed by atoms with E-state index in [9.17, 15) is 13.2 Å². The topological polar surface area (TPSA) is 70.1 Å². The Balaban J connectivity index is 1.78. The molecule has 3 heterocycles. The van der Waals surface area contributed by atoms with Gasteiger partial charge in [-0.25, -0.2) is 8.42 Å². The van der Waals surface area contributed by atoms with Crippen LogP contribution in [0.1, 0.15) is 11.8 Å². The minimum atomic E-state index is -3.37. The predicted octanol–water partition coefficient (Wildman–Crippen LogP) is 1.59. The first-order valence-corrected chi connectivity index (χ1v) is 9.78. The Labute approximate surface area is 139 Å². The third kappa shape index (κ3) is 3.53. The molecule has 6 nitrogen and oxygen atoms in total. The lowest BCUT2D eigenvalue weighted by molar-refractivity contribution is -0.127. The molecule has 23 heavy (non-hydrogen) atoms. The summed E-state index contributed by atoms with van der Waals surface area (Å²) in [5.41, 5.74) is 0.543. The molecule has 1 aromatic heterocycles. The van der Waals surface area contributed by atoms with Crippen LogP contribution in [0.4, 0.5) is 0 Å². The second kappa shape index (κ2) is 6.29. The summed E-state index contributed by atoms with van der Waals surface area (Å²) in [5.74, 6) is 0.272. The number of hydrogen-bond donors (Lipinski definition) is 0. The number of carbonyl (C=O) groups is 1. The maximum Gasteiger partial charge on any atom is 0.256 e. The zero-order chi connectivity index (χ0) is 16.4. The second-order valence-corrected chi connectivity index (χ2v) is 8.03. The van der Waals surface area contributed by atoms with Crippen molar-refractivity contribution in [3.63, 3.8) is 0 Å². The van der Waals surface area contributed by atoms with Crippen molar-refractivity contribution in [2.24, 2.45) is 4.40 Å². The highest BCUT2D eigenvalue weighted by atomic mass is 32.2. The van der Waals surface area contributed by atoms with E-state index in [1.54, 1.807) is 39.5 Å². The highest BCUT2D eigenvalue weighted by Gasteiger charge is 2.26. The molecule has 8 heteroatoms. The van der Waals surface area contributed by atoms with Gasteiger partial charge in [-0.15, -0.1) is 15.7 Å². The van der Waals surface area contributed by atoms with Crippen LogP contribution in [0.3, 0.4) is 0 Å². The number of likely N-dealkylation sites (N-methyl/N-ethyl adjacent to an activating group) is 1. The molecule has 0 radical (unpaired) electrons. The quantitative estimate of drug-likeness (QED) is 0.826. The fraction of sp³-hybridized carbons (Fsp3) is 0.333. The third-order valence-corrected chi connectivity index (χ3v) is 5.69. The molecule has 0 saturated carbocycles. The van der Waals surface area contributed by atoms with Gasteiger partial charge in [0, 0.05) is 24.2 Å². The van der Waals surface area contributed by atoms with Crippen molar-refractivity contribution in [2.75, 3.05) is 18.8 Å². The molecular formula is C15H17N3O3S2. The number of carbonyl (C=O) groups excluding carboxylic acids is 1. The van der Waals surface area contributed by atoms with Crippen molar-refractivity contribution in [2.45, 2.75) is 13.5 Å². The van der Waals surface area contributed by atoms with E-state index >= 15 is 0 Å². The van der Waals surface area contributed by atoms with Crippen molar-refractivity contribution in [1.29, 1.82) is 0 Å². The van der Waals surface area contributed by atoms with Crippen LogP contribution in [0.2, 0.25) is 0 Å². The van der Waals surface area contributed by atoms with Crippen molar-refractivity contribution in [1.82, 2.24) is 9.80 Å². The zero-order valence-electron chi connectivity index (χ0n) is 12.7. The van der Waals surface area contributed by atoms with Crippen LogP contribution in [0, 0.1) is 0 Å². The summed E-state index contributed by atoms with van der Waals surface area (Å²) in [4.78, 5) is 17.3. The minimum Gasteiger partial charge on any atom is -0.334 e. The van der Waals surface area contributed by atoms with Gasteiger partial charge >= 0.3 is 0 Å². The molecule has 2 aliphatic rings. The van der Waals surface area contributed by atoms with Crippen LogP contribution in [0.5, 0.6) is 0 Å². The lowest BCUT2D eigenvalue weighted by atomic mass is 10.1. The van der Waals surface area contributed by atoms with Gasteiger partial charge in [0.15, 0.2) is 0 Å². The summed E-state index contributed by atoms with van der Waals surface area (Å²) in [6, 6.07) is 3.97. The van der Waals surface area contributed by atoms with Gasteiger partial charge < -0.3 is 9.80 Å². The van der Waals surface area contributed by atoms with Crippen LogP contribution in [0.15, 0.2) is 45.8 Å². The first kappa shape index (κ1) is 15.9. The van der Waals surface area contributed by atoms with Crippen molar-refractivity contribution < 1.29 is 13.2 Å². The number of nitrogens with zero attached hydrogens (tertiary/aromatic N) is 3. The van der Waals surface area contributed by atoms with Crippen LogP contribution >= 0.6 is 11.3 Å². The average molecular weight is 351 g/mol. The van der Waals surface area contributed by atoms with Gasteiger partial charge in [-0.3, -0.25) is 4.79 Å². The predicted molar refractivity (Wildman–Crippen MR) is 90.6 cm³/mol. The van der Waals surface area contributed by atoms with E-state index in [2.05, 4.69) is 4.40 Å². The zero-order valence-corrected chi connectivity index (χ0v) is 14.3. The molecule has 0 saturated heterocycles.